The Bertz CT molecular complexity index is 101. The molecule has 0 aliphatic carbocycles. The molecule has 1 fully saturated rings. The van der Waals surface area contributed by atoms with E-state index in [1.165, 1.54) is 38.4 Å². The lowest BCUT2D eigenvalue weighted by molar-refractivity contribution is 0.310. The number of hydrogen-bond donors (Lipinski definition) is 0. The smallest absolute Gasteiger partial charge is 0.0172 e. The second kappa shape index (κ2) is 7.39. The van der Waals surface area contributed by atoms with Crippen LogP contribution in [0.5, 0.6) is 0 Å². The van der Waals surface area contributed by atoms with Gasteiger partial charge in [-0.25, -0.2) is 0 Å². The third-order valence-corrected chi connectivity index (χ3v) is 1.65. The van der Waals surface area contributed by atoms with Crippen LogP contribution in [0.4, 0.5) is 0 Å². The van der Waals surface area contributed by atoms with Crippen molar-refractivity contribution in [2.24, 2.45) is 0 Å². The van der Waals surface area contributed by atoms with Gasteiger partial charge in [0, 0.05) is 13.1 Å². The van der Waals surface area contributed by atoms with Crippen LogP contribution in [0.2, 0.25) is 0 Å². The number of nitrogens with zero attached hydrogens (tertiary/aromatic N) is 1. The van der Waals surface area contributed by atoms with Gasteiger partial charge in [-0.05, 0) is 32.4 Å². The summed E-state index contributed by atoms with van der Waals surface area (Å²) in [6.45, 7) is 12.7. The number of hydrogen-bond acceptors (Lipinski definition) is 1. The maximum Gasteiger partial charge on any atom is 0.0172 e. The molecule has 0 aromatic carbocycles. The molecule has 0 atom stereocenters. The first-order chi connectivity index (χ1) is 5.35. The Morgan fingerprint density at radius 3 is 1.73 bits per heavy atom. The fourth-order valence-corrected chi connectivity index (χ4v) is 1.10. The SMILES string of the molecule is C=CN1CCCCC1.[CH2]C=C. The summed E-state index contributed by atoms with van der Waals surface area (Å²) in [6.07, 6.45) is 7.56. The first-order valence-electron chi connectivity index (χ1n) is 4.12. The van der Waals surface area contributed by atoms with Crippen molar-refractivity contribution >= 4 is 0 Å². The van der Waals surface area contributed by atoms with Crippen LogP contribution < -0.4 is 0 Å². The van der Waals surface area contributed by atoms with Gasteiger partial charge in [0.25, 0.3) is 0 Å². The number of allylic oxidation sites excluding steroid dienone is 1. The Hall–Kier alpha value is -0.720. The molecule has 0 aromatic heterocycles. The van der Waals surface area contributed by atoms with Crippen LogP contribution in [0, 0.1) is 6.92 Å². The largest absolute Gasteiger partial charge is 0.378 e. The summed E-state index contributed by atoms with van der Waals surface area (Å²) in [5.41, 5.74) is 0. The molecule has 0 N–H and O–H groups in total. The molecule has 0 unspecified atom stereocenters. The molecule has 11 heavy (non-hydrogen) atoms. The predicted molar refractivity (Wildman–Crippen MR) is 51.2 cm³/mol. The Morgan fingerprint density at radius 2 is 1.45 bits per heavy atom. The van der Waals surface area contributed by atoms with Gasteiger partial charge in [0.05, 0.1) is 0 Å². The summed E-state index contributed by atoms with van der Waals surface area (Å²) in [7, 11) is 0. The van der Waals surface area contributed by atoms with Crippen molar-refractivity contribution in [2.75, 3.05) is 13.1 Å². The van der Waals surface area contributed by atoms with Crippen molar-refractivity contribution in [2.45, 2.75) is 19.3 Å². The zero-order valence-corrected chi connectivity index (χ0v) is 7.26. The lowest BCUT2D eigenvalue weighted by atomic mass is 10.1. The molecule has 1 radical (unpaired) electrons. The highest BCUT2D eigenvalue weighted by Gasteiger charge is 2.02. The third-order valence-electron chi connectivity index (χ3n) is 1.65. The van der Waals surface area contributed by atoms with Crippen molar-refractivity contribution in [1.29, 1.82) is 0 Å². The van der Waals surface area contributed by atoms with Crippen molar-refractivity contribution in [1.82, 2.24) is 4.90 Å². The van der Waals surface area contributed by atoms with Gasteiger partial charge < -0.3 is 4.90 Å². The van der Waals surface area contributed by atoms with E-state index in [9.17, 15) is 0 Å². The van der Waals surface area contributed by atoms with E-state index in [4.69, 9.17) is 0 Å². The minimum absolute atomic E-state index is 1.23. The average Bonchev–Trinajstić information content (AvgIpc) is 2.08. The molecule has 0 bridgehead atoms. The van der Waals surface area contributed by atoms with Gasteiger partial charge in [-0.3, -0.25) is 0 Å². The molecule has 1 heteroatoms. The highest BCUT2D eigenvalue weighted by Crippen LogP contribution is 2.07. The molecule has 1 heterocycles. The summed E-state index contributed by atoms with van der Waals surface area (Å²) in [5.74, 6) is 0. The van der Waals surface area contributed by atoms with Crippen LogP contribution in [0.15, 0.2) is 25.4 Å². The van der Waals surface area contributed by atoms with Gasteiger partial charge >= 0.3 is 0 Å². The zero-order valence-electron chi connectivity index (χ0n) is 7.26. The Kier molecular flexibility index (Phi) is 6.90. The van der Waals surface area contributed by atoms with Gasteiger partial charge in [-0.2, -0.15) is 0 Å². The minimum Gasteiger partial charge on any atom is -0.378 e. The van der Waals surface area contributed by atoms with Gasteiger partial charge in [-0.1, -0.05) is 12.7 Å². The van der Waals surface area contributed by atoms with Crippen LogP contribution in [-0.2, 0) is 0 Å². The van der Waals surface area contributed by atoms with Crippen LogP contribution in [-0.4, -0.2) is 18.0 Å². The van der Waals surface area contributed by atoms with Crippen LogP contribution in [0.1, 0.15) is 19.3 Å². The Labute approximate surface area is 70.4 Å². The third kappa shape index (κ3) is 5.71. The summed E-state index contributed by atoms with van der Waals surface area (Å²) in [4.78, 5) is 2.28. The highest BCUT2D eigenvalue weighted by molar-refractivity contribution is 4.73. The van der Waals surface area contributed by atoms with E-state index >= 15 is 0 Å². The molecule has 1 nitrogen and oxygen atoms in total. The maximum absolute atomic E-state index is 3.71. The molecule has 1 rings (SSSR count). The number of likely N-dealkylation sites (tertiary alicyclic amines) is 1. The Balaban J connectivity index is 0.000000292. The summed E-state index contributed by atoms with van der Waals surface area (Å²) < 4.78 is 0. The second-order valence-electron chi connectivity index (χ2n) is 2.57. The fraction of sp³-hybridized carbons (Fsp3) is 0.500. The molecular weight excluding hydrogens is 134 g/mol. The molecule has 0 aromatic rings. The maximum atomic E-state index is 3.71. The average molecular weight is 152 g/mol. The van der Waals surface area contributed by atoms with Crippen molar-refractivity contribution in [3.05, 3.63) is 32.4 Å². The van der Waals surface area contributed by atoms with E-state index in [1.807, 2.05) is 6.20 Å². The first-order valence-corrected chi connectivity index (χ1v) is 4.12. The lowest BCUT2D eigenvalue weighted by Crippen LogP contribution is -2.23. The first kappa shape index (κ1) is 10.3. The molecule has 1 aliphatic heterocycles. The highest BCUT2D eigenvalue weighted by atomic mass is 15.1. The van der Waals surface area contributed by atoms with E-state index in [0.717, 1.165) is 0 Å². The van der Waals surface area contributed by atoms with E-state index < -0.39 is 0 Å². The molecule has 1 aliphatic rings. The molecule has 63 valence electrons. The topological polar surface area (TPSA) is 3.24 Å². The lowest BCUT2D eigenvalue weighted by Gasteiger charge is -2.23. The number of piperidine rings is 1. The van der Waals surface area contributed by atoms with Crippen molar-refractivity contribution in [3.63, 3.8) is 0 Å². The van der Waals surface area contributed by atoms with Gasteiger partial charge in [0.2, 0.25) is 0 Å². The van der Waals surface area contributed by atoms with Crippen LogP contribution >= 0.6 is 0 Å². The van der Waals surface area contributed by atoms with Gasteiger partial charge in [0.1, 0.15) is 0 Å². The molecule has 1 saturated heterocycles. The normalized spacial score (nSPS) is 16.3. The molecule has 0 amide bonds. The molecular formula is C10H18N. The monoisotopic (exact) mass is 152 g/mol. The van der Waals surface area contributed by atoms with Crippen molar-refractivity contribution < 1.29 is 0 Å². The van der Waals surface area contributed by atoms with Crippen LogP contribution in [0.3, 0.4) is 0 Å². The van der Waals surface area contributed by atoms with Crippen molar-refractivity contribution in [3.8, 4) is 0 Å². The second-order valence-corrected chi connectivity index (χ2v) is 2.57. The standard InChI is InChI=1S/C7H13N.C3H5/c1-2-8-6-4-3-5-7-8;1-3-2/h2H,1,3-7H2;3H,1-2H2. The summed E-state index contributed by atoms with van der Waals surface area (Å²) >= 11 is 0. The molecule has 0 saturated carbocycles. The summed E-state index contributed by atoms with van der Waals surface area (Å²) in [5, 5.41) is 0. The molecule has 0 spiro atoms. The van der Waals surface area contributed by atoms with E-state index in [2.05, 4.69) is 25.0 Å². The van der Waals surface area contributed by atoms with Gasteiger partial charge in [-0.15, -0.1) is 6.58 Å². The van der Waals surface area contributed by atoms with E-state index in [1.54, 1.807) is 0 Å². The van der Waals surface area contributed by atoms with Gasteiger partial charge in [0.15, 0.2) is 0 Å². The summed E-state index contributed by atoms with van der Waals surface area (Å²) in [6, 6.07) is 0. The fourth-order valence-electron chi connectivity index (χ4n) is 1.10. The minimum atomic E-state index is 1.23. The van der Waals surface area contributed by atoms with Crippen LogP contribution in [0.25, 0.3) is 0 Å². The zero-order chi connectivity index (χ0) is 8.53. The van der Waals surface area contributed by atoms with E-state index in [-0.39, 0.29) is 0 Å². The number of rotatable bonds is 1. The Morgan fingerprint density at radius 1 is 1.00 bits per heavy atom. The predicted octanol–water partition coefficient (Wildman–Crippen LogP) is 2.62. The quantitative estimate of drug-likeness (QED) is 0.558. The van der Waals surface area contributed by atoms with E-state index in [0.29, 0.717) is 0 Å².